The number of rotatable bonds is 5. The topological polar surface area (TPSA) is 80.2 Å². The van der Waals surface area contributed by atoms with Crippen LogP contribution < -0.4 is 10.0 Å². The smallest absolute Gasteiger partial charge is 0.345 e. The first-order valence-corrected chi connectivity index (χ1v) is 9.02. The lowest BCUT2D eigenvalue weighted by Gasteiger charge is -2.16. The number of carbonyl (C=O) groups is 1. The summed E-state index contributed by atoms with van der Waals surface area (Å²) in [6.07, 6.45) is -3.20. The summed E-state index contributed by atoms with van der Waals surface area (Å²) in [5.74, 6) is -0.602. The lowest BCUT2D eigenvalue weighted by Crippen LogP contribution is -2.28. The second-order valence-electron chi connectivity index (χ2n) is 5.70. The van der Waals surface area contributed by atoms with Crippen LogP contribution in [0.1, 0.15) is 34.6 Å². The third-order valence-electron chi connectivity index (χ3n) is 3.85. The van der Waals surface area contributed by atoms with Gasteiger partial charge in [-0.1, -0.05) is 12.1 Å². The normalized spacial score (nSPS) is 13.5. The van der Waals surface area contributed by atoms with E-state index in [0.29, 0.717) is 0 Å². The van der Waals surface area contributed by atoms with E-state index in [4.69, 9.17) is 0 Å². The van der Waals surface area contributed by atoms with Gasteiger partial charge in [-0.3, -0.25) is 4.79 Å². The van der Waals surface area contributed by atoms with Crippen molar-refractivity contribution in [3.63, 3.8) is 0 Å². The van der Waals surface area contributed by atoms with E-state index in [9.17, 15) is 26.4 Å². The summed E-state index contributed by atoms with van der Waals surface area (Å²) in [5, 5.41) is 2.57. The number of nitrogens with one attached hydrogen (secondary N) is 2. The monoisotopic (exact) mass is 389 g/mol. The van der Waals surface area contributed by atoms with Crippen LogP contribution in [-0.2, 0) is 23.2 Å². The number of amides is 1. The minimum atomic E-state index is -4.48. The predicted molar refractivity (Wildman–Crippen MR) is 89.0 cm³/mol. The van der Waals surface area contributed by atoms with Gasteiger partial charge in [-0.25, -0.2) is 13.1 Å². The number of alkyl halides is 3. The standard InChI is InChI=1S/C16H18F3N3O3S/c1-10(11-5-4-6-12(7-11)16(17,18)19)21-15(23)14-8-13(9-22(14)3)26(24,25)20-2/h4-10,20H,1-3H3,(H,21,23). The quantitative estimate of drug-likeness (QED) is 0.824. The molecule has 1 amide bonds. The Kier molecular flexibility index (Phi) is 5.47. The van der Waals surface area contributed by atoms with Gasteiger partial charge in [0.05, 0.1) is 11.6 Å². The van der Waals surface area contributed by atoms with Crippen LogP contribution in [0, 0.1) is 0 Å². The molecule has 0 aliphatic carbocycles. The summed E-state index contributed by atoms with van der Waals surface area (Å²) in [7, 11) is -0.965. The fourth-order valence-corrected chi connectivity index (χ4v) is 3.16. The minimum absolute atomic E-state index is 0.0673. The van der Waals surface area contributed by atoms with E-state index in [-0.39, 0.29) is 16.2 Å². The van der Waals surface area contributed by atoms with E-state index in [2.05, 4.69) is 10.0 Å². The molecule has 1 aromatic carbocycles. The second kappa shape index (κ2) is 7.12. The van der Waals surface area contributed by atoms with Crippen LogP contribution in [0.5, 0.6) is 0 Å². The van der Waals surface area contributed by atoms with Gasteiger partial charge in [0.25, 0.3) is 5.91 Å². The number of sulfonamides is 1. The number of benzene rings is 1. The molecule has 1 unspecified atom stereocenters. The molecule has 0 saturated heterocycles. The van der Waals surface area contributed by atoms with Gasteiger partial charge in [0, 0.05) is 13.2 Å². The molecular formula is C16H18F3N3O3S. The lowest BCUT2D eigenvalue weighted by atomic mass is 10.0. The Bertz CT molecular complexity index is 920. The van der Waals surface area contributed by atoms with Crippen LogP contribution in [0.3, 0.4) is 0 Å². The molecule has 0 saturated carbocycles. The first-order chi connectivity index (χ1) is 12.0. The SMILES string of the molecule is CNS(=O)(=O)c1cc(C(=O)NC(C)c2cccc(C(F)(F)F)c2)n(C)c1. The van der Waals surface area contributed by atoms with Crippen molar-refractivity contribution < 1.29 is 26.4 Å². The molecule has 142 valence electrons. The maximum atomic E-state index is 12.8. The Hall–Kier alpha value is -2.33. The summed E-state index contributed by atoms with van der Waals surface area (Å²) in [4.78, 5) is 12.3. The molecule has 0 bridgehead atoms. The third-order valence-corrected chi connectivity index (χ3v) is 5.23. The molecule has 0 aliphatic rings. The summed E-state index contributed by atoms with van der Waals surface area (Å²) in [6, 6.07) is 5.14. The number of carbonyl (C=O) groups excluding carboxylic acids is 1. The Morgan fingerprint density at radius 3 is 2.46 bits per heavy atom. The maximum Gasteiger partial charge on any atom is 0.416 e. The Morgan fingerprint density at radius 1 is 1.23 bits per heavy atom. The molecule has 26 heavy (non-hydrogen) atoms. The number of aromatic nitrogens is 1. The summed E-state index contributed by atoms with van der Waals surface area (Å²) >= 11 is 0. The van der Waals surface area contributed by atoms with Gasteiger partial charge in [-0.2, -0.15) is 13.2 Å². The van der Waals surface area contributed by atoms with E-state index in [1.165, 1.54) is 43.1 Å². The second-order valence-corrected chi connectivity index (χ2v) is 7.58. The fourth-order valence-electron chi connectivity index (χ4n) is 2.36. The summed E-state index contributed by atoms with van der Waals surface area (Å²) in [6.45, 7) is 1.54. The van der Waals surface area contributed by atoms with Gasteiger partial charge in [0.2, 0.25) is 10.0 Å². The first kappa shape index (κ1) is 20.0. The van der Waals surface area contributed by atoms with E-state index in [1.54, 1.807) is 6.92 Å². The predicted octanol–water partition coefficient (Wildman–Crippen LogP) is 2.44. The number of aryl methyl sites for hydroxylation is 1. The molecule has 0 aliphatic heterocycles. The molecule has 6 nitrogen and oxygen atoms in total. The van der Waals surface area contributed by atoms with E-state index in [1.807, 2.05) is 0 Å². The van der Waals surface area contributed by atoms with Crippen molar-refractivity contribution in [3.05, 3.63) is 53.3 Å². The molecule has 0 spiro atoms. The van der Waals surface area contributed by atoms with Crippen molar-refractivity contribution >= 4 is 15.9 Å². The van der Waals surface area contributed by atoms with Gasteiger partial charge >= 0.3 is 6.18 Å². The van der Waals surface area contributed by atoms with Gasteiger partial charge in [0.15, 0.2) is 0 Å². The zero-order valence-corrected chi connectivity index (χ0v) is 15.1. The molecular weight excluding hydrogens is 371 g/mol. The summed E-state index contributed by atoms with van der Waals surface area (Å²) in [5.41, 5.74) is -0.458. The maximum absolute atomic E-state index is 12.8. The Morgan fingerprint density at radius 2 is 1.88 bits per heavy atom. The number of halogens is 3. The highest BCUT2D eigenvalue weighted by Crippen LogP contribution is 2.30. The first-order valence-electron chi connectivity index (χ1n) is 7.53. The molecule has 2 rings (SSSR count). The minimum Gasteiger partial charge on any atom is -0.345 e. The van der Waals surface area contributed by atoms with Crippen LogP contribution in [0.2, 0.25) is 0 Å². The average Bonchev–Trinajstić information content (AvgIpc) is 2.97. The van der Waals surface area contributed by atoms with Crippen molar-refractivity contribution in [1.29, 1.82) is 0 Å². The zero-order chi connectivity index (χ0) is 19.7. The van der Waals surface area contributed by atoms with Gasteiger partial charge in [-0.15, -0.1) is 0 Å². The highest BCUT2D eigenvalue weighted by Gasteiger charge is 2.31. The molecule has 0 fully saturated rings. The number of nitrogens with zero attached hydrogens (tertiary/aromatic N) is 1. The third kappa shape index (κ3) is 4.25. The Labute approximate surface area is 149 Å². The van der Waals surface area contributed by atoms with Crippen LogP contribution in [0.15, 0.2) is 41.4 Å². The highest BCUT2D eigenvalue weighted by molar-refractivity contribution is 7.89. The molecule has 1 aromatic heterocycles. The average molecular weight is 389 g/mol. The van der Waals surface area contributed by atoms with Gasteiger partial charge in [0.1, 0.15) is 10.6 Å². The molecule has 1 heterocycles. The zero-order valence-electron chi connectivity index (χ0n) is 14.3. The molecule has 10 heteroatoms. The molecule has 1 atom stereocenters. The van der Waals surface area contributed by atoms with Crippen LogP contribution in [0.25, 0.3) is 0 Å². The number of hydrogen-bond donors (Lipinski definition) is 2. The van der Waals surface area contributed by atoms with Crippen LogP contribution >= 0.6 is 0 Å². The van der Waals surface area contributed by atoms with Crippen LogP contribution in [0.4, 0.5) is 13.2 Å². The largest absolute Gasteiger partial charge is 0.416 e. The highest BCUT2D eigenvalue weighted by atomic mass is 32.2. The van der Waals surface area contributed by atoms with Crippen molar-refractivity contribution in [2.24, 2.45) is 7.05 Å². The Balaban J connectivity index is 2.23. The van der Waals surface area contributed by atoms with Crippen LogP contribution in [-0.4, -0.2) is 25.9 Å². The fraction of sp³-hybridized carbons (Fsp3) is 0.312. The van der Waals surface area contributed by atoms with E-state index < -0.39 is 33.7 Å². The van der Waals surface area contributed by atoms with E-state index >= 15 is 0 Å². The van der Waals surface area contributed by atoms with Crippen molar-refractivity contribution in [2.45, 2.75) is 24.0 Å². The van der Waals surface area contributed by atoms with Crippen molar-refractivity contribution in [1.82, 2.24) is 14.6 Å². The lowest BCUT2D eigenvalue weighted by molar-refractivity contribution is -0.137. The van der Waals surface area contributed by atoms with Crippen molar-refractivity contribution in [2.75, 3.05) is 7.05 Å². The van der Waals surface area contributed by atoms with Crippen molar-refractivity contribution in [3.8, 4) is 0 Å². The molecule has 2 N–H and O–H groups in total. The summed E-state index contributed by atoms with van der Waals surface area (Å²) < 4.78 is 65.5. The molecule has 2 aromatic rings. The molecule has 0 radical (unpaired) electrons. The number of hydrogen-bond acceptors (Lipinski definition) is 3. The van der Waals surface area contributed by atoms with E-state index in [0.717, 1.165) is 12.1 Å². The van der Waals surface area contributed by atoms with Gasteiger partial charge in [-0.05, 0) is 37.7 Å². The van der Waals surface area contributed by atoms with Gasteiger partial charge < -0.3 is 9.88 Å².